The Bertz CT molecular complexity index is 687. The molecule has 0 saturated heterocycles. The van der Waals surface area contributed by atoms with Gasteiger partial charge >= 0.3 is 0 Å². The second-order valence-electron chi connectivity index (χ2n) is 5.46. The van der Waals surface area contributed by atoms with E-state index in [1.165, 1.54) is 16.7 Å². The van der Waals surface area contributed by atoms with Crippen molar-refractivity contribution in [2.45, 2.75) is 19.4 Å². The van der Waals surface area contributed by atoms with Gasteiger partial charge in [-0.1, -0.05) is 79.7 Å². The Morgan fingerprint density at radius 3 is 1.82 bits per heavy atom. The molecular weight excluding hydrogens is 266 g/mol. The number of rotatable bonds is 5. The van der Waals surface area contributed by atoms with Crippen LogP contribution in [0, 0.1) is 0 Å². The fourth-order valence-corrected chi connectivity index (χ4v) is 2.70. The molecule has 0 radical (unpaired) electrons. The third-order valence-corrected chi connectivity index (χ3v) is 3.94. The van der Waals surface area contributed by atoms with Crippen LogP contribution in [0.2, 0.25) is 0 Å². The van der Waals surface area contributed by atoms with Crippen molar-refractivity contribution in [2.75, 3.05) is 5.32 Å². The summed E-state index contributed by atoms with van der Waals surface area (Å²) in [7, 11) is 0. The van der Waals surface area contributed by atoms with Gasteiger partial charge < -0.3 is 5.32 Å². The molecule has 0 aliphatic carbocycles. The average Bonchev–Trinajstić information content (AvgIpc) is 2.62. The highest BCUT2D eigenvalue weighted by atomic mass is 14.9. The van der Waals surface area contributed by atoms with Crippen molar-refractivity contribution in [1.29, 1.82) is 0 Å². The third kappa shape index (κ3) is 3.37. The molecule has 0 unspecified atom stereocenters. The second-order valence-corrected chi connectivity index (χ2v) is 5.46. The van der Waals surface area contributed by atoms with E-state index in [1.807, 2.05) is 6.07 Å². The van der Waals surface area contributed by atoms with Crippen molar-refractivity contribution in [2.24, 2.45) is 0 Å². The van der Waals surface area contributed by atoms with E-state index < -0.39 is 0 Å². The van der Waals surface area contributed by atoms with Crippen LogP contribution >= 0.6 is 0 Å². The Morgan fingerprint density at radius 2 is 1.23 bits per heavy atom. The molecule has 0 amide bonds. The second kappa shape index (κ2) is 6.95. The Hall–Kier alpha value is -2.54. The zero-order chi connectivity index (χ0) is 15.2. The van der Waals surface area contributed by atoms with Crippen LogP contribution < -0.4 is 5.32 Å². The fraction of sp³-hybridized carbons (Fsp3) is 0.143. The summed E-state index contributed by atoms with van der Waals surface area (Å²) in [6.07, 6.45) is 1.06. The molecule has 3 rings (SSSR count). The molecule has 0 heterocycles. The van der Waals surface area contributed by atoms with Crippen molar-refractivity contribution in [3.8, 4) is 11.1 Å². The molecule has 3 aromatic carbocycles. The van der Waals surface area contributed by atoms with Gasteiger partial charge in [0.15, 0.2) is 0 Å². The van der Waals surface area contributed by atoms with E-state index in [1.54, 1.807) is 0 Å². The molecule has 1 atom stereocenters. The van der Waals surface area contributed by atoms with Crippen LogP contribution in [0.3, 0.4) is 0 Å². The fourth-order valence-electron chi connectivity index (χ4n) is 2.70. The first kappa shape index (κ1) is 14.4. The van der Waals surface area contributed by atoms with Gasteiger partial charge in [-0.3, -0.25) is 0 Å². The van der Waals surface area contributed by atoms with E-state index in [4.69, 9.17) is 0 Å². The molecule has 0 aliphatic heterocycles. The summed E-state index contributed by atoms with van der Waals surface area (Å²) in [6, 6.07) is 30.1. The van der Waals surface area contributed by atoms with Gasteiger partial charge in [-0.15, -0.1) is 0 Å². The van der Waals surface area contributed by atoms with Gasteiger partial charge in [0.05, 0.1) is 6.04 Å². The van der Waals surface area contributed by atoms with Crippen LogP contribution in [0.4, 0.5) is 5.69 Å². The maximum Gasteiger partial charge on any atom is 0.0511 e. The maximum atomic E-state index is 3.62. The highest BCUT2D eigenvalue weighted by Crippen LogP contribution is 2.25. The van der Waals surface area contributed by atoms with Crippen LogP contribution in [-0.2, 0) is 0 Å². The zero-order valence-corrected chi connectivity index (χ0v) is 12.9. The van der Waals surface area contributed by atoms with Crippen LogP contribution in [0.5, 0.6) is 0 Å². The Morgan fingerprint density at radius 1 is 0.682 bits per heavy atom. The molecule has 0 fully saturated rings. The van der Waals surface area contributed by atoms with Gasteiger partial charge in [-0.25, -0.2) is 0 Å². The lowest BCUT2D eigenvalue weighted by molar-refractivity contribution is 0.749. The summed E-state index contributed by atoms with van der Waals surface area (Å²) in [5.74, 6) is 0. The number of benzene rings is 3. The summed E-state index contributed by atoms with van der Waals surface area (Å²) in [6.45, 7) is 2.21. The molecule has 22 heavy (non-hydrogen) atoms. The van der Waals surface area contributed by atoms with E-state index in [0.29, 0.717) is 6.04 Å². The molecule has 0 aliphatic rings. The highest BCUT2D eigenvalue weighted by Gasteiger charge is 2.08. The molecule has 1 N–H and O–H groups in total. The van der Waals surface area contributed by atoms with Gasteiger partial charge in [0.2, 0.25) is 0 Å². The van der Waals surface area contributed by atoms with E-state index in [2.05, 4.69) is 91.1 Å². The molecule has 0 aromatic heterocycles. The highest BCUT2D eigenvalue weighted by molar-refractivity contribution is 5.66. The molecule has 3 aromatic rings. The van der Waals surface area contributed by atoms with Crippen LogP contribution in [0.1, 0.15) is 24.9 Å². The Kier molecular flexibility index (Phi) is 4.55. The van der Waals surface area contributed by atoms with Crippen molar-refractivity contribution in [1.82, 2.24) is 0 Å². The van der Waals surface area contributed by atoms with E-state index >= 15 is 0 Å². The van der Waals surface area contributed by atoms with Crippen molar-refractivity contribution < 1.29 is 0 Å². The first-order valence-corrected chi connectivity index (χ1v) is 7.84. The lowest BCUT2D eigenvalue weighted by atomic mass is 10.0. The van der Waals surface area contributed by atoms with Gasteiger partial charge in [0.25, 0.3) is 0 Å². The molecule has 0 spiro atoms. The molecular formula is C21H21N. The Balaban J connectivity index is 1.76. The quantitative estimate of drug-likeness (QED) is 0.614. The summed E-state index contributed by atoms with van der Waals surface area (Å²) in [5.41, 5.74) is 5.00. The predicted octanol–water partition coefficient (Wildman–Crippen LogP) is 5.92. The van der Waals surface area contributed by atoms with E-state index in [9.17, 15) is 0 Å². The van der Waals surface area contributed by atoms with Crippen molar-refractivity contribution >= 4 is 5.69 Å². The SMILES string of the molecule is CC[C@@H](Nc1ccc(-c2ccccc2)cc1)c1ccccc1. The average molecular weight is 287 g/mol. The number of hydrogen-bond donors (Lipinski definition) is 1. The van der Waals surface area contributed by atoms with E-state index in [0.717, 1.165) is 12.1 Å². The van der Waals surface area contributed by atoms with Crippen molar-refractivity contribution in [3.63, 3.8) is 0 Å². The summed E-state index contributed by atoms with van der Waals surface area (Å²) < 4.78 is 0. The number of hydrogen-bond acceptors (Lipinski definition) is 1. The Labute approximate surface area is 132 Å². The lowest BCUT2D eigenvalue weighted by Crippen LogP contribution is -2.09. The predicted molar refractivity (Wildman–Crippen MR) is 95.0 cm³/mol. The van der Waals surface area contributed by atoms with Crippen LogP contribution in [0.25, 0.3) is 11.1 Å². The molecule has 0 bridgehead atoms. The van der Waals surface area contributed by atoms with E-state index in [-0.39, 0.29) is 0 Å². The minimum absolute atomic E-state index is 0.351. The largest absolute Gasteiger partial charge is 0.378 e. The summed E-state index contributed by atoms with van der Waals surface area (Å²) >= 11 is 0. The van der Waals surface area contributed by atoms with Gasteiger partial charge in [0, 0.05) is 5.69 Å². The zero-order valence-electron chi connectivity index (χ0n) is 12.9. The molecule has 0 saturated carbocycles. The lowest BCUT2D eigenvalue weighted by Gasteiger charge is -2.19. The monoisotopic (exact) mass is 287 g/mol. The van der Waals surface area contributed by atoms with Gasteiger partial charge in [0.1, 0.15) is 0 Å². The van der Waals surface area contributed by atoms with Crippen LogP contribution in [-0.4, -0.2) is 0 Å². The standard InChI is InChI=1S/C21H21N/c1-2-21(19-11-7-4-8-12-19)22-20-15-13-18(14-16-20)17-9-5-3-6-10-17/h3-16,21-22H,2H2,1H3/t21-/m1/s1. The van der Waals surface area contributed by atoms with Crippen LogP contribution in [0.15, 0.2) is 84.9 Å². The number of anilines is 1. The molecule has 110 valence electrons. The third-order valence-electron chi connectivity index (χ3n) is 3.94. The smallest absolute Gasteiger partial charge is 0.0511 e. The number of nitrogens with one attached hydrogen (secondary N) is 1. The van der Waals surface area contributed by atoms with Crippen molar-refractivity contribution in [3.05, 3.63) is 90.5 Å². The first-order valence-electron chi connectivity index (χ1n) is 7.84. The van der Waals surface area contributed by atoms with Gasteiger partial charge in [-0.2, -0.15) is 0 Å². The van der Waals surface area contributed by atoms with Gasteiger partial charge in [-0.05, 0) is 35.2 Å². The summed E-state index contributed by atoms with van der Waals surface area (Å²) in [4.78, 5) is 0. The minimum Gasteiger partial charge on any atom is -0.378 e. The topological polar surface area (TPSA) is 12.0 Å². The maximum absolute atomic E-state index is 3.62. The normalized spacial score (nSPS) is 11.9. The molecule has 1 nitrogen and oxygen atoms in total. The first-order chi connectivity index (χ1) is 10.9. The molecule has 1 heteroatoms. The summed E-state index contributed by atoms with van der Waals surface area (Å²) in [5, 5.41) is 3.62. The minimum atomic E-state index is 0.351.